The first-order valence-electron chi connectivity index (χ1n) is 5.21. The summed E-state index contributed by atoms with van der Waals surface area (Å²) in [6, 6.07) is 7.95. The van der Waals surface area contributed by atoms with E-state index in [1.54, 1.807) is 0 Å². The van der Waals surface area contributed by atoms with E-state index in [-0.39, 0.29) is 17.9 Å². The maximum atomic E-state index is 6.31. The van der Waals surface area contributed by atoms with E-state index in [9.17, 15) is 0 Å². The Morgan fingerprint density at radius 2 is 2.00 bits per heavy atom. The zero-order valence-corrected chi connectivity index (χ0v) is 10.4. The highest BCUT2D eigenvalue weighted by Gasteiger charge is 2.50. The Bertz CT molecular complexity index is 323. The Hall–Kier alpha value is -0.240. The maximum Gasteiger partial charge on any atom is 0.0442 e. The highest BCUT2D eigenvalue weighted by molar-refractivity contribution is 6.30. The molecule has 1 aromatic rings. The third-order valence-corrected chi connectivity index (χ3v) is 3.42. The van der Waals surface area contributed by atoms with Crippen LogP contribution in [0.3, 0.4) is 0 Å². The molecule has 2 unspecified atom stereocenters. The molecule has 0 heterocycles. The number of benzene rings is 1. The van der Waals surface area contributed by atoms with E-state index in [0.717, 1.165) is 11.4 Å². The smallest absolute Gasteiger partial charge is 0.0442 e. The summed E-state index contributed by atoms with van der Waals surface area (Å²) in [6.45, 7) is 2.21. The van der Waals surface area contributed by atoms with Gasteiger partial charge >= 0.3 is 0 Å². The fourth-order valence-corrected chi connectivity index (χ4v) is 2.30. The number of rotatable bonds is 3. The summed E-state index contributed by atoms with van der Waals surface area (Å²) in [5.41, 5.74) is 7.49. The zero-order chi connectivity index (χ0) is 10.2. The van der Waals surface area contributed by atoms with Gasteiger partial charge in [-0.2, -0.15) is 0 Å². The van der Waals surface area contributed by atoms with Gasteiger partial charge < -0.3 is 5.73 Å². The van der Waals surface area contributed by atoms with Crippen LogP contribution in [0.5, 0.6) is 0 Å². The van der Waals surface area contributed by atoms with Crippen LogP contribution in [-0.2, 0) is 5.54 Å². The molecule has 0 saturated heterocycles. The Morgan fingerprint density at radius 1 is 1.40 bits per heavy atom. The minimum atomic E-state index is -0.0550. The summed E-state index contributed by atoms with van der Waals surface area (Å²) in [5.74, 6) is 0.675. The maximum absolute atomic E-state index is 6.31. The molecule has 0 aliphatic heterocycles. The molecule has 0 bridgehead atoms. The van der Waals surface area contributed by atoms with Crippen LogP contribution in [-0.4, -0.2) is 0 Å². The highest BCUT2D eigenvalue weighted by atomic mass is 35.5. The Balaban J connectivity index is 0.00000112. The molecule has 0 amide bonds. The molecule has 0 spiro atoms. The van der Waals surface area contributed by atoms with Crippen molar-refractivity contribution in [1.82, 2.24) is 0 Å². The van der Waals surface area contributed by atoms with Crippen LogP contribution in [0.25, 0.3) is 0 Å². The van der Waals surface area contributed by atoms with Crippen LogP contribution in [0.4, 0.5) is 0 Å². The van der Waals surface area contributed by atoms with Crippen molar-refractivity contribution in [2.24, 2.45) is 11.7 Å². The second kappa shape index (κ2) is 4.73. The largest absolute Gasteiger partial charge is 0.321 e. The minimum absolute atomic E-state index is 0. The number of hydrogen-bond acceptors (Lipinski definition) is 1. The van der Waals surface area contributed by atoms with Crippen molar-refractivity contribution in [1.29, 1.82) is 0 Å². The van der Waals surface area contributed by atoms with Crippen LogP contribution in [0.15, 0.2) is 24.3 Å². The first kappa shape index (κ1) is 12.8. The molecule has 2 N–H and O–H groups in total. The second-order valence-electron chi connectivity index (χ2n) is 4.24. The minimum Gasteiger partial charge on any atom is -0.321 e. The van der Waals surface area contributed by atoms with Gasteiger partial charge in [-0.15, -0.1) is 12.4 Å². The third-order valence-electron chi connectivity index (χ3n) is 3.17. The summed E-state index contributed by atoms with van der Waals surface area (Å²) < 4.78 is 0. The van der Waals surface area contributed by atoms with Gasteiger partial charge in [0.1, 0.15) is 0 Å². The lowest BCUT2D eigenvalue weighted by molar-refractivity contribution is 0.583. The van der Waals surface area contributed by atoms with Crippen molar-refractivity contribution >= 4 is 24.0 Å². The standard InChI is InChI=1S/C12H16ClN.ClH/c1-2-3-10-8-12(10,14)9-4-6-11(13)7-5-9;/h4-7,10H,2-3,8,14H2,1H3;1H. The molecule has 1 aliphatic carbocycles. The Labute approximate surface area is 102 Å². The van der Waals surface area contributed by atoms with Crippen LogP contribution >= 0.6 is 24.0 Å². The molecule has 1 aromatic carbocycles. The van der Waals surface area contributed by atoms with E-state index >= 15 is 0 Å². The van der Waals surface area contributed by atoms with E-state index in [2.05, 4.69) is 19.1 Å². The fraction of sp³-hybridized carbons (Fsp3) is 0.500. The number of hydrogen-bond donors (Lipinski definition) is 1. The number of nitrogens with two attached hydrogens (primary N) is 1. The lowest BCUT2D eigenvalue weighted by Crippen LogP contribution is -2.21. The van der Waals surface area contributed by atoms with E-state index < -0.39 is 0 Å². The van der Waals surface area contributed by atoms with Gasteiger partial charge in [0, 0.05) is 10.6 Å². The van der Waals surface area contributed by atoms with Crippen molar-refractivity contribution in [2.45, 2.75) is 31.7 Å². The van der Waals surface area contributed by atoms with Crippen molar-refractivity contribution < 1.29 is 0 Å². The van der Waals surface area contributed by atoms with Crippen molar-refractivity contribution in [3.8, 4) is 0 Å². The van der Waals surface area contributed by atoms with Crippen LogP contribution < -0.4 is 5.73 Å². The van der Waals surface area contributed by atoms with E-state index in [1.165, 1.54) is 18.4 Å². The monoisotopic (exact) mass is 245 g/mol. The Kier molecular flexibility index (Phi) is 4.05. The SMILES string of the molecule is CCCC1CC1(N)c1ccc(Cl)cc1.Cl. The van der Waals surface area contributed by atoms with Gasteiger partial charge in [0.05, 0.1) is 0 Å². The van der Waals surface area contributed by atoms with Crippen molar-refractivity contribution in [2.75, 3.05) is 0 Å². The molecule has 1 saturated carbocycles. The van der Waals surface area contributed by atoms with E-state index in [4.69, 9.17) is 17.3 Å². The number of halogens is 2. The molecule has 1 fully saturated rings. The van der Waals surface area contributed by atoms with E-state index in [0.29, 0.717) is 5.92 Å². The van der Waals surface area contributed by atoms with Gasteiger partial charge in [-0.3, -0.25) is 0 Å². The summed E-state index contributed by atoms with van der Waals surface area (Å²) in [7, 11) is 0. The molecular formula is C12H17Cl2N. The lowest BCUT2D eigenvalue weighted by Gasteiger charge is -2.11. The summed E-state index contributed by atoms with van der Waals surface area (Å²) >= 11 is 5.84. The van der Waals surface area contributed by atoms with Crippen molar-refractivity contribution in [3.63, 3.8) is 0 Å². The van der Waals surface area contributed by atoms with Crippen LogP contribution in [0.1, 0.15) is 31.7 Å². The average molecular weight is 246 g/mol. The van der Waals surface area contributed by atoms with Gasteiger partial charge in [0.2, 0.25) is 0 Å². The summed E-state index contributed by atoms with van der Waals surface area (Å²) in [6.07, 6.45) is 3.58. The fourth-order valence-electron chi connectivity index (χ4n) is 2.17. The molecule has 1 aliphatic rings. The topological polar surface area (TPSA) is 26.0 Å². The third kappa shape index (κ3) is 2.47. The summed E-state index contributed by atoms with van der Waals surface area (Å²) in [5, 5.41) is 0.782. The molecule has 2 atom stereocenters. The lowest BCUT2D eigenvalue weighted by atomic mass is 10.0. The highest BCUT2D eigenvalue weighted by Crippen LogP contribution is 2.52. The van der Waals surface area contributed by atoms with Gasteiger partial charge in [0.15, 0.2) is 0 Å². The summed E-state index contributed by atoms with van der Waals surface area (Å²) in [4.78, 5) is 0. The van der Waals surface area contributed by atoms with Gasteiger partial charge in [-0.1, -0.05) is 37.1 Å². The van der Waals surface area contributed by atoms with Gasteiger partial charge in [-0.25, -0.2) is 0 Å². The zero-order valence-electron chi connectivity index (χ0n) is 8.87. The molecule has 1 nitrogen and oxygen atoms in total. The first-order chi connectivity index (χ1) is 6.66. The van der Waals surface area contributed by atoms with Crippen LogP contribution in [0.2, 0.25) is 5.02 Å². The van der Waals surface area contributed by atoms with Crippen LogP contribution in [0, 0.1) is 5.92 Å². The second-order valence-corrected chi connectivity index (χ2v) is 4.67. The molecule has 3 heteroatoms. The van der Waals surface area contributed by atoms with E-state index in [1.807, 2.05) is 12.1 Å². The molecule has 2 rings (SSSR count). The first-order valence-corrected chi connectivity index (χ1v) is 5.59. The predicted molar refractivity (Wildman–Crippen MR) is 67.6 cm³/mol. The normalized spacial score (nSPS) is 28.3. The molecule has 0 radical (unpaired) electrons. The molecule has 84 valence electrons. The molecule has 15 heavy (non-hydrogen) atoms. The molecular weight excluding hydrogens is 229 g/mol. The van der Waals surface area contributed by atoms with Crippen molar-refractivity contribution in [3.05, 3.63) is 34.9 Å². The van der Waals surface area contributed by atoms with Gasteiger partial charge in [-0.05, 0) is 36.5 Å². The Morgan fingerprint density at radius 3 is 2.53 bits per heavy atom. The van der Waals surface area contributed by atoms with Gasteiger partial charge in [0.25, 0.3) is 0 Å². The molecule has 0 aromatic heterocycles. The quantitative estimate of drug-likeness (QED) is 0.863. The average Bonchev–Trinajstić information content (AvgIpc) is 2.80. The predicted octanol–water partition coefficient (Wildman–Crippen LogP) is 3.74.